The second-order valence-corrected chi connectivity index (χ2v) is 22.6. The van der Waals surface area contributed by atoms with Gasteiger partial charge in [-0.25, -0.2) is 0 Å². The molecule has 0 aliphatic heterocycles. The molecule has 0 aliphatic rings. The van der Waals surface area contributed by atoms with Crippen LogP contribution in [0.3, 0.4) is 0 Å². The van der Waals surface area contributed by atoms with Gasteiger partial charge in [-0.1, -0.05) is 194 Å². The normalized spacial score (nSPS) is 10.7. The molecule has 0 heterocycles. The number of hydrogen-bond donors (Lipinski definition) is 0. The molecule has 0 radical (unpaired) electrons. The number of carbonyl (C=O) groups excluding carboxylic acids is 2. The van der Waals surface area contributed by atoms with E-state index in [1.807, 2.05) is 48.5 Å². The van der Waals surface area contributed by atoms with Crippen LogP contribution in [0.1, 0.15) is 149 Å². The number of Topliss-reactive ketones (excluding diaryl/α,β-unsaturated/α-hetero) is 2. The van der Waals surface area contributed by atoms with E-state index in [-0.39, 0.29) is 139 Å². The molecule has 0 amide bonds. The SMILES string of the molecule is CC(C)=O.CC(C)=O.[O-]c1ccccc1C=NCCCCCN=Cc1ccccc1[O-].[O-]c1ccccc1C=NCCCCCN=Cc1ccccc1[O-].[O-]c1ccccc1C=NCCCCCN=Cc1ccccc1[O-].[O-]c1ccccc1C=NCCCCCN=Cc1ccccc1[O-].[Pd+2].[Pd+2].[Pd+2].[Pd+2]. The fourth-order valence-electron chi connectivity index (χ4n) is 8.33. The van der Waals surface area contributed by atoms with Crippen LogP contribution in [0.2, 0.25) is 0 Å². The summed E-state index contributed by atoms with van der Waals surface area (Å²) in [6.45, 7) is 11.8. The minimum absolute atomic E-state index is 0. The van der Waals surface area contributed by atoms with Crippen molar-refractivity contribution >= 4 is 61.3 Å². The summed E-state index contributed by atoms with van der Waals surface area (Å²) in [4.78, 5) is 53.1. The molecule has 560 valence electrons. The van der Waals surface area contributed by atoms with Gasteiger partial charge >= 0.3 is 81.7 Å². The van der Waals surface area contributed by atoms with Gasteiger partial charge in [0, 0.05) is 102 Å². The van der Waals surface area contributed by atoms with Gasteiger partial charge in [-0.3, -0.25) is 39.9 Å². The molecule has 0 saturated carbocycles. The van der Waals surface area contributed by atoms with Crippen molar-refractivity contribution in [3.8, 4) is 46.0 Å². The predicted octanol–water partition coefficient (Wildman–Crippen LogP) is 11.3. The first-order valence-electron chi connectivity index (χ1n) is 33.6. The zero-order valence-electron chi connectivity index (χ0n) is 59.2. The number of ketones is 2. The van der Waals surface area contributed by atoms with E-state index in [0.717, 1.165) is 77.0 Å². The van der Waals surface area contributed by atoms with Gasteiger partial charge in [0.25, 0.3) is 0 Å². The molecule has 0 atom stereocenters. The maximum absolute atomic E-state index is 11.5. The van der Waals surface area contributed by atoms with Crippen LogP contribution in [-0.4, -0.2) is 114 Å². The molecular formula is C82H92N8O10Pd4. The molecule has 0 unspecified atom stereocenters. The number of nitrogens with zero attached hydrogens (tertiary/aromatic N) is 8. The zero-order chi connectivity index (χ0) is 72.5. The number of unbranched alkanes of at least 4 members (excludes halogenated alkanes) is 8. The molecule has 22 heteroatoms. The van der Waals surface area contributed by atoms with Crippen LogP contribution in [0.25, 0.3) is 0 Å². The summed E-state index contributed by atoms with van der Waals surface area (Å²) < 4.78 is 0. The third-order valence-electron chi connectivity index (χ3n) is 13.5. The average molecular weight is 1780 g/mol. The van der Waals surface area contributed by atoms with Crippen LogP contribution in [0.15, 0.2) is 234 Å². The molecule has 8 aromatic rings. The summed E-state index contributed by atoms with van der Waals surface area (Å²) >= 11 is 0. The number of aliphatic imine (C=N–C) groups is 8. The fourth-order valence-corrected chi connectivity index (χ4v) is 8.33. The van der Waals surface area contributed by atoms with Gasteiger partial charge in [-0.15, -0.1) is 46.0 Å². The van der Waals surface area contributed by atoms with Crippen LogP contribution in [0, 0.1) is 0 Å². The number of benzene rings is 8. The standard InChI is InChI=1S/4C19H22N2O2.2C3H6O.4Pd/c4*22-18-10-4-2-8-16(18)14-20-12-6-1-7-13-21-15-17-9-3-5-11-19(17)23;2*1-3(2)4;;;;/h4*2-5,8-11,14-15,22-23H,1,6-7,12-13H2;2*1-2H3;;;;/q;;;;;;4*+2/p-8. The summed E-state index contributed by atoms with van der Waals surface area (Å²) in [6.07, 6.45) is 24.9. The largest absolute Gasteiger partial charge is 2.00 e. The van der Waals surface area contributed by atoms with Crippen molar-refractivity contribution in [3.63, 3.8) is 0 Å². The van der Waals surface area contributed by atoms with Gasteiger partial charge < -0.3 is 50.4 Å². The molecule has 0 fully saturated rings. The minimum Gasteiger partial charge on any atom is -0.872 e. The Labute approximate surface area is 669 Å². The van der Waals surface area contributed by atoms with Crippen molar-refractivity contribution in [3.05, 3.63) is 239 Å². The van der Waals surface area contributed by atoms with Crippen LogP contribution in [0.5, 0.6) is 46.0 Å². The van der Waals surface area contributed by atoms with Crippen molar-refractivity contribution in [2.75, 3.05) is 52.4 Å². The molecule has 0 bridgehead atoms. The van der Waals surface area contributed by atoms with Crippen LogP contribution < -0.4 is 40.9 Å². The first-order valence-corrected chi connectivity index (χ1v) is 33.6. The average Bonchev–Trinajstić information content (AvgIpc) is 1.00. The van der Waals surface area contributed by atoms with Gasteiger partial charge in [0.05, 0.1) is 0 Å². The number of hydrogen-bond acceptors (Lipinski definition) is 18. The van der Waals surface area contributed by atoms with E-state index >= 15 is 0 Å². The topological polar surface area (TPSA) is 318 Å². The summed E-state index contributed by atoms with van der Waals surface area (Å²) in [5.74, 6) is 0.365. The van der Waals surface area contributed by atoms with Crippen LogP contribution in [0.4, 0.5) is 0 Å². The van der Waals surface area contributed by atoms with Crippen molar-refractivity contribution < 1.29 is 132 Å². The van der Waals surface area contributed by atoms with Crippen molar-refractivity contribution in [2.24, 2.45) is 39.9 Å². The Morgan fingerprint density at radius 2 is 0.308 bits per heavy atom. The molecular weight excluding hydrogens is 1680 g/mol. The Morgan fingerprint density at radius 3 is 0.404 bits per heavy atom. The molecule has 0 saturated heterocycles. The van der Waals surface area contributed by atoms with E-state index in [1.54, 1.807) is 195 Å². The van der Waals surface area contributed by atoms with E-state index in [1.165, 1.54) is 27.7 Å². The Kier molecular flexibility index (Phi) is 60.2. The summed E-state index contributed by atoms with van der Waals surface area (Å²) in [7, 11) is 0. The van der Waals surface area contributed by atoms with Crippen molar-refractivity contribution in [1.29, 1.82) is 0 Å². The van der Waals surface area contributed by atoms with E-state index in [9.17, 15) is 50.4 Å². The predicted molar refractivity (Wildman–Crippen MR) is 395 cm³/mol. The zero-order valence-corrected chi connectivity index (χ0v) is 65.4. The van der Waals surface area contributed by atoms with Crippen LogP contribution >= 0.6 is 0 Å². The van der Waals surface area contributed by atoms with Crippen LogP contribution in [-0.2, 0) is 91.3 Å². The summed E-state index contributed by atoms with van der Waals surface area (Å²) in [5.41, 5.74) is 5.06. The Hall–Kier alpha value is -8.49. The Morgan fingerprint density at radius 1 is 0.212 bits per heavy atom. The van der Waals surface area contributed by atoms with Crippen molar-refractivity contribution in [2.45, 2.75) is 105 Å². The van der Waals surface area contributed by atoms with Gasteiger partial charge in [0.1, 0.15) is 11.6 Å². The van der Waals surface area contributed by atoms with Gasteiger partial charge in [-0.2, -0.15) is 0 Å². The molecule has 104 heavy (non-hydrogen) atoms. The molecule has 0 N–H and O–H groups in total. The molecule has 0 aliphatic carbocycles. The number of para-hydroxylation sites is 8. The maximum atomic E-state index is 11.5. The van der Waals surface area contributed by atoms with E-state index in [2.05, 4.69) is 39.9 Å². The third kappa shape index (κ3) is 49.2. The Balaban J connectivity index is 0. The summed E-state index contributed by atoms with van der Waals surface area (Å²) in [5, 5.41) is 91.8. The number of rotatable bonds is 32. The first-order chi connectivity index (χ1) is 48.5. The van der Waals surface area contributed by atoms with Gasteiger partial charge in [0.15, 0.2) is 0 Å². The first kappa shape index (κ1) is 97.6. The van der Waals surface area contributed by atoms with E-state index in [0.29, 0.717) is 96.9 Å². The molecule has 18 nitrogen and oxygen atoms in total. The second kappa shape index (κ2) is 64.1. The minimum atomic E-state index is 0. The van der Waals surface area contributed by atoms with Crippen molar-refractivity contribution in [1.82, 2.24) is 0 Å². The smallest absolute Gasteiger partial charge is 0.872 e. The molecule has 0 spiro atoms. The van der Waals surface area contributed by atoms with E-state index < -0.39 is 0 Å². The van der Waals surface area contributed by atoms with E-state index in [4.69, 9.17) is 0 Å². The quantitative estimate of drug-likeness (QED) is 0.0218. The molecule has 8 rings (SSSR count). The fraction of sp³-hybridized carbons (Fsp3) is 0.293. The monoisotopic (exact) mass is 1770 g/mol. The van der Waals surface area contributed by atoms with Gasteiger partial charge in [-0.05, 0) is 149 Å². The maximum Gasteiger partial charge on any atom is 2.00 e. The second-order valence-electron chi connectivity index (χ2n) is 22.6. The number of carbonyl (C=O) groups is 2. The molecule has 0 aromatic heterocycles. The van der Waals surface area contributed by atoms with Gasteiger partial charge in [0.2, 0.25) is 0 Å². The molecule has 8 aromatic carbocycles. The third-order valence-corrected chi connectivity index (χ3v) is 13.5. The Bertz CT molecular complexity index is 3130. The summed E-state index contributed by atoms with van der Waals surface area (Å²) in [6, 6.07) is 55.0.